The van der Waals surface area contributed by atoms with Crippen molar-refractivity contribution >= 4 is 0 Å². The molecular weight excluding hydrogens is 601 g/mol. The fourth-order valence-corrected chi connectivity index (χ4v) is 3.03. The zero-order valence-corrected chi connectivity index (χ0v) is 24.1. The number of hydrogen-bond acceptors (Lipinski definition) is 4. The van der Waals surface area contributed by atoms with E-state index in [0.29, 0.717) is 6.42 Å². The summed E-state index contributed by atoms with van der Waals surface area (Å²) in [5.41, 5.74) is 5.95. The minimum absolute atomic E-state index is 0. The van der Waals surface area contributed by atoms with Gasteiger partial charge in [0.25, 0.3) is 0 Å². The molecule has 0 amide bonds. The molecule has 34 heavy (non-hydrogen) atoms. The molecule has 2 aromatic carbocycles. The van der Waals surface area contributed by atoms with Gasteiger partial charge in [-0.1, -0.05) is 78.3 Å². The van der Waals surface area contributed by atoms with Gasteiger partial charge in [0.05, 0.1) is 17.9 Å². The summed E-state index contributed by atoms with van der Waals surface area (Å²) in [6.07, 6.45) is 3.02. The van der Waals surface area contributed by atoms with E-state index in [1.165, 1.54) is 11.1 Å². The van der Waals surface area contributed by atoms with Crippen molar-refractivity contribution in [2.75, 3.05) is 0 Å². The molecular formula is C29H39IrN2O2-. The van der Waals surface area contributed by atoms with Gasteiger partial charge in [-0.25, -0.2) is 0 Å². The third-order valence-electron chi connectivity index (χ3n) is 5.69. The molecule has 0 saturated carbocycles. The van der Waals surface area contributed by atoms with Crippen molar-refractivity contribution in [3.63, 3.8) is 0 Å². The summed E-state index contributed by atoms with van der Waals surface area (Å²) < 4.78 is 0. The third-order valence-corrected chi connectivity index (χ3v) is 5.69. The molecule has 1 radical (unpaired) electrons. The van der Waals surface area contributed by atoms with Crippen molar-refractivity contribution in [1.29, 1.82) is 0 Å². The molecule has 2 N–H and O–H groups in total. The molecule has 3 aromatic rings. The van der Waals surface area contributed by atoms with Crippen LogP contribution < -0.4 is 0 Å². The molecule has 0 fully saturated rings. The average molecular weight is 640 g/mol. The first-order valence-electron chi connectivity index (χ1n) is 11.5. The summed E-state index contributed by atoms with van der Waals surface area (Å²) in [4.78, 5) is 8.98. The summed E-state index contributed by atoms with van der Waals surface area (Å²) >= 11 is 0. The number of aromatic nitrogens is 2. The van der Waals surface area contributed by atoms with E-state index >= 15 is 0 Å². The van der Waals surface area contributed by atoms with Crippen molar-refractivity contribution in [2.45, 2.75) is 74.0 Å². The maximum absolute atomic E-state index is 9.76. The Bertz CT molecular complexity index is 922. The molecule has 1 heterocycles. The van der Waals surface area contributed by atoms with Gasteiger partial charge in [-0.05, 0) is 23.3 Å². The molecule has 3 rings (SSSR count). The zero-order valence-electron chi connectivity index (χ0n) is 21.7. The predicted molar refractivity (Wildman–Crippen MR) is 137 cm³/mol. The van der Waals surface area contributed by atoms with Gasteiger partial charge in [-0.3, -0.25) is 4.98 Å². The number of hydrogen-bond donors (Lipinski definition) is 2. The van der Waals surface area contributed by atoms with Crippen LogP contribution >= 0.6 is 0 Å². The fraction of sp³-hybridized carbons (Fsp3) is 0.448. The van der Waals surface area contributed by atoms with Gasteiger partial charge < -0.3 is 15.2 Å². The number of nitrogens with zero attached hydrogens (tertiary/aromatic N) is 2. The number of benzene rings is 2. The van der Waals surface area contributed by atoms with E-state index in [4.69, 9.17) is 0 Å². The number of aryl methyl sites for hydroxylation is 2. The molecule has 0 saturated heterocycles. The fourth-order valence-electron chi connectivity index (χ4n) is 3.03. The van der Waals surface area contributed by atoms with Crippen LogP contribution in [0, 0.1) is 30.7 Å². The van der Waals surface area contributed by atoms with Crippen LogP contribution in [0.3, 0.4) is 0 Å². The number of aliphatic hydroxyl groups is 2. The van der Waals surface area contributed by atoms with E-state index in [2.05, 4.69) is 60.2 Å². The maximum Gasteiger partial charge on any atom is 0.0613 e. The second-order valence-electron chi connectivity index (χ2n) is 10.9. The standard InChI is InChI=1S/C18H15N2.C11H24O2.Ir/c1-13-3-7-15(8-4-13)17-18(20-12-11-19-17)16-9-5-14(2)6-10-16;1-10(2,3)8(12)7-9(13)11(4,5)6;/h3-9,11-12H,1-2H3;8-9,12-13H,7H2,1-6H3;/q-1;;. The topological polar surface area (TPSA) is 66.2 Å². The van der Waals surface area contributed by atoms with Crippen LogP contribution in [0.1, 0.15) is 59.1 Å². The van der Waals surface area contributed by atoms with Gasteiger partial charge in [0.15, 0.2) is 0 Å². The zero-order chi connectivity index (χ0) is 24.8. The molecule has 0 aliphatic carbocycles. The Balaban J connectivity index is 0.000000364. The first-order chi connectivity index (χ1) is 15.3. The molecule has 0 aliphatic heterocycles. The van der Waals surface area contributed by atoms with E-state index in [9.17, 15) is 10.2 Å². The van der Waals surface area contributed by atoms with E-state index in [1.54, 1.807) is 12.4 Å². The largest absolute Gasteiger partial charge is 0.392 e. The van der Waals surface area contributed by atoms with Crippen molar-refractivity contribution < 1.29 is 30.3 Å². The van der Waals surface area contributed by atoms with Gasteiger partial charge in [-0.2, -0.15) is 0 Å². The quantitative estimate of drug-likeness (QED) is 0.324. The van der Waals surface area contributed by atoms with Crippen LogP contribution in [-0.2, 0) is 20.1 Å². The first kappa shape index (κ1) is 30.1. The minimum Gasteiger partial charge on any atom is -0.392 e. The van der Waals surface area contributed by atoms with Gasteiger partial charge in [0, 0.05) is 44.6 Å². The Morgan fingerprint density at radius 3 is 1.65 bits per heavy atom. The molecule has 0 aliphatic rings. The van der Waals surface area contributed by atoms with Crippen molar-refractivity contribution in [3.05, 3.63) is 72.1 Å². The van der Waals surface area contributed by atoms with Crippen molar-refractivity contribution in [2.24, 2.45) is 10.8 Å². The Kier molecular flexibility index (Phi) is 11.2. The molecule has 5 heteroatoms. The Hall–Kier alpha value is -1.91. The first-order valence-corrected chi connectivity index (χ1v) is 11.5. The van der Waals surface area contributed by atoms with E-state index in [0.717, 1.165) is 22.5 Å². The third kappa shape index (κ3) is 9.03. The Labute approximate surface area is 219 Å². The summed E-state index contributed by atoms with van der Waals surface area (Å²) in [6.45, 7) is 16.0. The maximum atomic E-state index is 9.76. The SMILES string of the molecule is CC(C)(C)C(O)CC(O)C(C)(C)C.Cc1c[c-]c(-c2nccnc2-c2ccc(C)cc2)cc1.[Ir]. The molecule has 0 spiro atoms. The minimum atomic E-state index is -0.443. The molecule has 2 atom stereocenters. The van der Waals surface area contributed by atoms with Gasteiger partial charge in [-0.15, -0.1) is 35.4 Å². The van der Waals surface area contributed by atoms with Crippen LogP contribution in [0.4, 0.5) is 0 Å². The second kappa shape index (κ2) is 12.7. The molecule has 2 unspecified atom stereocenters. The summed E-state index contributed by atoms with van der Waals surface area (Å²) in [5, 5.41) is 19.5. The van der Waals surface area contributed by atoms with Crippen LogP contribution in [0.5, 0.6) is 0 Å². The monoisotopic (exact) mass is 640 g/mol. The van der Waals surface area contributed by atoms with E-state index < -0.39 is 12.2 Å². The molecule has 187 valence electrons. The summed E-state index contributed by atoms with van der Waals surface area (Å²) in [5.74, 6) is 0. The molecule has 0 bridgehead atoms. The summed E-state index contributed by atoms with van der Waals surface area (Å²) in [7, 11) is 0. The van der Waals surface area contributed by atoms with Crippen LogP contribution in [0.2, 0.25) is 0 Å². The van der Waals surface area contributed by atoms with E-state index in [-0.39, 0.29) is 30.9 Å². The van der Waals surface area contributed by atoms with E-state index in [1.807, 2.05) is 53.7 Å². The van der Waals surface area contributed by atoms with Gasteiger partial charge in [0.2, 0.25) is 0 Å². The van der Waals surface area contributed by atoms with Gasteiger partial charge in [0.1, 0.15) is 0 Å². The average Bonchev–Trinajstić information content (AvgIpc) is 2.74. The van der Waals surface area contributed by atoms with Crippen LogP contribution in [-0.4, -0.2) is 32.4 Å². The molecule has 4 nitrogen and oxygen atoms in total. The number of rotatable bonds is 4. The normalized spacial score (nSPS) is 13.2. The van der Waals surface area contributed by atoms with Crippen molar-refractivity contribution in [3.8, 4) is 22.5 Å². The molecule has 1 aromatic heterocycles. The summed E-state index contributed by atoms with van der Waals surface area (Å²) in [6, 6.07) is 17.7. The van der Waals surface area contributed by atoms with Gasteiger partial charge >= 0.3 is 0 Å². The van der Waals surface area contributed by atoms with Crippen LogP contribution in [0.25, 0.3) is 22.5 Å². The second-order valence-corrected chi connectivity index (χ2v) is 10.9. The Morgan fingerprint density at radius 2 is 1.21 bits per heavy atom. The Morgan fingerprint density at radius 1 is 0.735 bits per heavy atom. The van der Waals surface area contributed by atoms with Crippen LogP contribution in [0.15, 0.2) is 54.9 Å². The predicted octanol–water partition coefficient (Wildman–Crippen LogP) is 6.42. The van der Waals surface area contributed by atoms with Crippen molar-refractivity contribution in [1.82, 2.24) is 9.97 Å². The smallest absolute Gasteiger partial charge is 0.0613 e. The number of aliphatic hydroxyl groups excluding tert-OH is 2.